The molecule has 0 aromatic carbocycles. The molecule has 136 valence electrons. The van der Waals surface area contributed by atoms with Crippen molar-refractivity contribution in [2.75, 3.05) is 43.4 Å². The van der Waals surface area contributed by atoms with E-state index in [-0.39, 0.29) is 30.7 Å². The molecule has 0 saturated carbocycles. The number of nitrogens with one attached hydrogen (secondary N) is 1. The number of nitrogens with two attached hydrogens (primary N) is 1. The van der Waals surface area contributed by atoms with E-state index in [1.807, 2.05) is 18.7 Å². The third kappa shape index (κ3) is 3.68. The summed E-state index contributed by atoms with van der Waals surface area (Å²) in [6.45, 7) is 7.15. The van der Waals surface area contributed by atoms with Crippen LogP contribution in [0.4, 0.5) is 11.6 Å². The SMILES string of the molecule is CC(C)C1Oc2ccc(N)nc2N(CCC(=O)N2CCNCC2)C1=O. The highest BCUT2D eigenvalue weighted by Crippen LogP contribution is 2.34. The molecule has 0 radical (unpaired) electrons. The second-order valence-electron chi connectivity index (χ2n) is 6.71. The Morgan fingerprint density at radius 3 is 2.80 bits per heavy atom. The highest BCUT2D eigenvalue weighted by molar-refractivity contribution is 5.99. The lowest BCUT2D eigenvalue weighted by Crippen LogP contribution is -2.51. The number of fused-ring (bicyclic) bond motifs is 1. The lowest BCUT2D eigenvalue weighted by Gasteiger charge is -2.35. The van der Waals surface area contributed by atoms with E-state index in [0.29, 0.717) is 30.5 Å². The molecule has 0 bridgehead atoms. The predicted molar refractivity (Wildman–Crippen MR) is 94.3 cm³/mol. The minimum Gasteiger partial charge on any atom is -0.476 e. The van der Waals surface area contributed by atoms with E-state index in [2.05, 4.69) is 10.3 Å². The normalized spacial score (nSPS) is 20.4. The van der Waals surface area contributed by atoms with Gasteiger partial charge in [-0.25, -0.2) is 4.98 Å². The van der Waals surface area contributed by atoms with Gasteiger partial charge in [0, 0.05) is 39.1 Å². The Kier molecular flexibility index (Phi) is 5.08. The molecule has 2 aliphatic rings. The molecule has 1 fully saturated rings. The van der Waals surface area contributed by atoms with Gasteiger partial charge in [-0.1, -0.05) is 13.8 Å². The Morgan fingerprint density at radius 2 is 2.12 bits per heavy atom. The topological polar surface area (TPSA) is 101 Å². The van der Waals surface area contributed by atoms with Crippen molar-refractivity contribution in [2.24, 2.45) is 5.92 Å². The lowest BCUT2D eigenvalue weighted by molar-refractivity contribution is -0.132. The Hall–Kier alpha value is -2.35. The number of carbonyl (C=O) groups is 2. The fraction of sp³-hybridized carbons (Fsp3) is 0.588. The molecule has 3 N–H and O–H groups in total. The molecule has 1 aromatic heterocycles. The quantitative estimate of drug-likeness (QED) is 0.809. The monoisotopic (exact) mass is 347 g/mol. The van der Waals surface area contributed by atoms with E-state index in [1.54, 1.807) is 17.0 Å². The first-order valence-corrected chi connectivity index (χ1v) is 8.70. The molecule has 2 amide bonds. The van der Waals surface area contributed by atoms with Crippen molar-refractivity contribution in [1.82, 2.24) is 15.2 Å². The van der Waals surface area contributed by atoms with Crippen LogP contribution in [0.3, 0.4) is 0 Å². The predicted octanol–water partition coefficient (Wildman–Crippen LogP) is 0.236. The van der Waals surface area contributed by atoms with E-state index < -0.39 is 6.10 Å². The number of piperazine rings is 1. The molecule has 25 heavy (non-hydrogen) atoms. The summed E-state index contributed by atoms with van der Waals surface area (Å²) in [7, 11) is 0. The third-order valence-electron chi connectivity index (χ3n) is 4.50. The average molecular weight is 347 g/mol. The van der Waals surface area contributed by atoms with Crippen LogP contribution in [-0.2, 0) is 9.59 Å². The average Bonchev–Trinajstić information content (AvgIpc) is 2.61. The number of amides is 2. The first-order valence-electron chi connectivity index (χ1n) is 8.70. The summed E-state index contributed by atoms with van der Waals surface area (Å²) in [4.78, 5) is 32.9. The Balaban J connectivity index is 1.77. The summed E-state index contributed by atoms with van der Waals surface area (Å²) in [5, 5.41) is 3.22. The fourth-order valence-corrected chi connectivity index (χ4v) is 3.10. The van der Waals surface area contributed by atoms with E-state index in [1.165, 1.54) is 0 Å². The second-order valence-corrected chi connectivity index (χ2v) is 6.71. The van der Waals surface area contributed by atoms with Crippen LogP contribution in [0.15, 0.2) is 12.1 Å². The van der Waals surface area contributed by atoms with Gasteiger partial charge >= 0.3 is 0 Å². The third-order valence-corrected chi connectivity index (χ3v) is 4.50. The van der Waals surface area contributed by atoms with E-state index in [9.17, 15) is 9.59 Å². The number of rotatable bonds is 4. The summed E-state index contributed by atoms with van der Waals surface area (Å²) in [5.74, 6) is 1.14. The molecule has 1 unspecified atom stereocenters. The van der Waals surface area contributed by atoms with Crippen molar-refractivity contribution in [3.8, 4) is 5.75 Å². The number of carbonyl (C=O) groups excluding carboxylic acids is 2. The number of ether oxygens (including phenoxy) is 1. The highest BCUT2D eigenvalue weighted by Gasteiger charge is 2.37. The van der Waals surface area contributed by atoms with Gasteiger partial charge in [-0.05, 0) is 18.1 Å². The summed E-state index contributed by atoms with van der Waals surface area (Å²) < 4.78 is 5.80. The van der Waals surface area contributed by atoms with E-state index >= 15 is 0 Å². The number of hydrogen-bond donors (Lipinski definition) is 2. The smallest absolute Gasteiger partial charge is 0.269 e. The molecule has 1 atom stereocenters. The van der Waals surface area contributed by atoms with Crippen molar-refractivity contribution in [1.29, 1.82) is 0 Å². The van der Waals surface area contributed by atoms with Gasteiger partial charge in [0.05, 0.1) is 0 Å². The van der Waals surface area contributed by atoms with Crippen molar-refractivity contribution < 1.29 is 14.3 Å². The van der Waals surface area contributed by atoms with Gasteiger partial charge in [-0.15, -0.1) is 0 Å². The van der Waals surface area contributed by atoms with Crippen LogP contribution in [0, 0.1) is 5.92 Å². The fourth-order valence-electron chi connectivity index (χ4n) is 3.10. The number of nitrogen functional groups attached to an aromatic ring is 1. The van der Waals surface area contributed by atoms with E-state index in [4.69, 9.17) is 10.5 Å². The Bertz CT molecular complexity index is 658. The van der Waals surface area contributed by atoms with Gasteiger partial charge in [-0.3, -0.25) is 14.5 Å². The molecule has 8 nitrogen and oxygen atoms in total. The Morgan fingerprint density at radius 1 is 1.40 bits per heavy atom. The molecule has 0 aliphatic carbocycles. The molecule has 2 aliphatic heterocycles. The molecule has 8 heteroatoms. The summed E-state index contributed by atoms with van der Waals surface area (Å²) in [6, 6.07) is 3.38. The minimum atomic E-state index is -0.577. The maximum absolute atomic E-state index is 12.8. The van der Waals surface area contributed by atoms with Crippen molar-refractivity contribution in [3.05, 3.63) is 12.1 Å². The Labute approximate surface area is 147 Å². The molecule has 3 heterocycles. The number of aromatic nitrogens is 1. The molecular formula is C17H25N5O3. The van der Waals surface area contributed by atoms with Crippen molar-refractivity contribution >= 4 is 23.5 Å². The van der Waals surface area contributed by atoms with Gasteiger partial charge in [0.1, 0.15) is 5.82 Å². The zero-order valence-corrected chi connectivity index (χ0v) is 14.7. The lowest BCUT2D eigenvalue weighted by atomic mass is 10.0. The van der Waals surface area contributed by atoms with Crippen LogP contribution in [0.25, 0.3) is 0 Å². The molecule has 1 saturated heterocycles. The first kappa shape index (κ1) is 17.5. The number of nitrogens with zero attached hydrogens (tertiary/aromatic N) is 3. The summed E-state index contributed by atoms with van der Waals surface area (Å²) >= 11 is 0. The van der Waals surface area contributed by atoms with E-state index in [0.717, 1.165) is 13.1 Å². The van der Waals surface area contributed by atoms with Crippen LogP contribution >= 0.6 is 0 Å². The molecule has 3 rings (SSSR count). The van der Waals surface area contributed by atoms with Crippen LogP contribution in [-0.4, -0.2) is 60.5 Å². The molecular weight excluding hydrogens is 322 g/mol. The zero-order chi connectivity index (χ0) is 18.0. The summed E-state index contributed by atoms with van der Waals surface area (Å²) in [5.41, 5.74) is 5.77. The number of pyridine rings is 1. The van der Waals surface area contributed by atoms with Gasteiger partial charge in [0.15, 0.2) is 17.7 Å². The number of anilines is 2. The van der Waals surface area contributed by atoms with Crippen LogP contribution in [0.5, 0.6) is 5.75 Å². The number of hydrogen-bond acceptors (Lipinski definition) is 6. The second kappa shape index (κ2) is 7.26. The standard InChI is InChI=1S/C17H25N5O3/c1-11(2)15-17(24)22(16-12(25-15)3-4-13(18)20-16)8-5-14(23)21-9-6-19-7-10-21/h3-4,11,15,19H,5-10H2,1-2H3,(H2,18,20). The van der Waals surface area contributed by atoms with Crippen molar-refractivity contribution in [2.45, 2.75) is 26.4 Å². The van der Waals surface area contributed by atoms with Gasteiger partial charge in [0.2, 0.25) is 5.91 Å². The molecule has 0 spiro atoms. The van der Waals surface area contributed by atoms with Gasteiger partial charge in [-0.2, -0.15) is 0 Å². The van der Waals surface area contributed by atoms with Crippen LogP contribution in [0.1, 0.15) is 20.3 Å². The van der Waals surface area contributed by atoms with Crippen LogP contribution < -0.4 is 20.7 Å². The minimum absolute atomic E-state index is 0.0181. The maximum Gasteiger partial charge on any atom is 0.269 e. The maximum atomic E-state index is 12.8. The molecule has 1 aromatic rings. The van der Waals surface area contributed by atoms with Crippen LogP contribution in [0.2, 0.25) is 0 Å². The van der Waals surface area contributed by atoms with Gasteiger partial charge < -0.3 is 20.7 Å². The summed E-state index contributed by atoms with van der Waals surface area (Å²) in [6.07, 6.45) is -0.320. The largest absolute Gasteiger partial charge is 0.476 e. The zero-order valence-electron chi connectivity index (χ0n) is 14.7. The first-order chi connectivity index (χ1) is 12.0. The van der Waals surface area contributed by atoms with Gasteiger partial charge in [0.25, 0.3) is 5.91 Å². The van der Waals surface area contributed by atoms with Crippen molar-refractivity contribution in [3.63, 3.8) is 0 Å². The highest BCUT2D eigenvalue weighted by atomic mass is 16.5.